The Morgan fingerprint density at radius 3 is 2.41 bits per heavy atom. The number of fused-ring (bicyclic) bond motifs is 1. The fourth-order valence-corrected chi connectivity index (χ4v) is 3.74. The molecule has 0 atom stereocenters. The number of nitrogens with one attached hydrogen (secondary N) is 1. The largest absolute Gasteiger partial charge is 0.486 e. The number of carbonyl (C=O) groups excluding carboxylic acids is 1. The van der Waals surface area contributed by atoms with Crippen LogP contribution in [-0.4, -0.2) is 39.0 Å². The molecule has 1 N–H and O–H groups in total. The van der Waals surface area contributed by atoms with Crippen molar-refractivity contribution in [1.29, 1.82) is 0 Å². The van der Waals surface area contributed by atoms with Gasteiger partial charge in [-0.2, -0.15) is 8.78 Å². The summed E-state index contributed by atoms with van der Waals surface area (Å²) in [4.78, 5) is 12.4. The molecule has 1 aliphatic heterocycles. The summed E-state index contributed by atoms with van der Waals surface area (Å²) < 4.78 is 58.6. The van der Waals surface area contributed by atoms with Crippen LogP contribution in [0.25, 0.3) is 0 Å². The van der Waals surface area contributed by atoms with Gasteiger partial charge in [0.25, 0.3) is 0 Å². The molecule has 0 saturated heterocycles. The molecule has 0 spiro atoms. The minimum absolute atomic E-state index is 0.108. The Bertz CT molecular complexity index is 933. The molecular formula is C17H15F2NO5S2. The smallest absolute Gasteiger partial charge is 0.341 e. The quantitative estimate of drug-likeness (QED) is 0.730. The Labute approximate surface area is 158 Å². The fourth-order valence-electron chi connectivity index (χ4n) is 2.29. The minimum atomic E-state index is -4.65. The van der Waals surface area contributed by atoms with E-state index in [4.69, 9.17) is 9.47 Å². The molecule has 27 heavy (non-hydrogen) atoms. The van der Waals surface area contributed by atoms with Crippen LogP contribution in [0.4, 0.5) is 14.5 Å². The maximum atomic E-state index is 12.5. The van der Waals surface area contributed by atoms with Gasteiger partial charge in [0.2, 0.25) is 15.7 Å². The zero-order valence-electron chi connectivity index (χ0n) is 13.9. The summed E-state index contributed by atoms with van der Waals surface area (Å²) in [6, 6.07) is 9.97. The highest BCUT2D eigenvalue weighted by Crippen LogP contribution is 2.34. The molecule has 0 aromatic heterocycles. The summed E-state index contributed by atoms with van der Waals surface area (Å²) in [5, 5.41) is 2.58. The van der Waals surface area contributed by atoms with Crippen molar-refractivity contribution in [3.05, 3.63) is 42.5 Å². The standard InChI is InChI=1S/C17H15F2NO5S2/c18-17(19)27(22,23)13-4-1-11(2-5-13)20-16(21)10-26-12-3-6-14-15(9-12)25-8-7-24-14/h1-6,9,17H,7-8,10H2,(H,20,21). The maximum Gasteiger partial charge on any atom is 0.341 e. The Morgan fingerprint density at radius 2 is 1.74 bits per heavy atom. The number of rotatable bonds is 6. The third-order valence-corrected chi connectivity index (χ3v) is 5.98. The van der Waals surface area contributed by atoms with E-state index in [2.05, 4.69) is 5.32 Å². The normalized spacial score (nSPS) is 13.4. The second-order valence-electron chi connectivity index (χ2n) is 5.47. The predicted molar refractivity (Wildman–Crippen MR) is 96.4 cm³/mol. The van der Waals surface area contributed by atoms with Gasteiger partial charge in [0.15, 0.2) is 11.5 Å². The molecule has 144 valence electrons. The molecule has 3 rings (SSSR count). The molecule has 2 aromatic rings. The number of ether oxygens (including phenoxy) is 2. The van der Waals surface area contributed by atoms with Gasteiger partial charge < -0.3 is 14.8 Å². The van der Waals surface area contributed by atoms with Crippen LogP contribution in [0.5, 0.6) is 11.5 Å². The number of hydrogen-bond acceptors (Lipinski definition) is 6. The second kappa shape index (κ2) is 8.13. The van der Waals surface area contributed by atoms with E-state index in [9.17, 15) is 22.0 Å². The molecule has 0 saturated carbocycles. The van der Waals surface area contributed by atoms with Crippen LogP contribution in [0.15, 0.2) is 52.3 Å². The molecule has 6 nitrogen and oxygen atoms in total. The molecule has 1 aliphatic rings. The van der Waals surface area contributed by atoms with Crippen LogP contribution in [0.3, 0.4) is 0 Å². The lowest BCUT2D eigenvalue weighted by atomic mass is 10.3. The third-order valence-electron chi connectivity index (χ3n) is 3.58. The van der Waals surface area contributed by atoms with Crippen molar-refractivity contribution in [2.24, 2.45) is 0 Å². The topological polar surface area (TPSA) is 81.7 Å². The molecule has 0 fully saturated rings. The molecule has 0 unspecified atom stereocenters. The monoisotopic (exact) mass is 415 g/mol. The van der Waals surface area contributed by atoms with Gasteiger partial charge in [-0.15, -0.1) is 11.8 Å². The van der Waals surface area contributed by atoms with Gasteiger partial charge in [-0.3, -0.25) is 4.79 Å². The van der Waals surface area contributed by atoms with Crippen LogP contribution < -0.4 is 14.8 Å². The average molecular weight is 415 g/mol. The summed E-state index contributed by atoms with van der Waals surface area (Å²) in [5.74, 6) is -2.41. The number of carbonyl (C=O) groups is 1. The average Bonchev–Trinajstić information content (AvgIpc) is 2.66. The van der Waals surface area contributed by atoms with Crippen molar-refractivity contribution in [2.75, 3.05) is 24.3 Å². The van der Waals surface area contributed by atoms with Crippen molar-refractivity contribution < 1.29 is 31.5 Å². The summed E-state index contributed by atoms with van der Waals surface area (Å²) in [5.41, 5.74) is 0.316. The van der Waals surface area contributed by atoms with Crippen molar-refractivity contribution in [1.82, 2.24) is 0 Å². The summed E-state index contributed by atoms with van der Waals surface area (Å²) >= 11 is 1.29. The molecule has 1 amide bonds. The zero-order valence-corrected chi connectivity index (χ0v) is 15.5. The van der Waals surface area contributed by atoms with Gasteiger partial charge in [0.1, 0.15) is 13.2 Å². The predicted octanol–water partition coefficient (Wildman–Crippen LogP) is 3.18. The molecule has 2 aromatic carbocycles. The van der Waals surface area contributed by atoms with Crippen molar-refractivity contribution >= 4 is 33.2 Å². The third kappa shape index (κ3) is 4.69. The second-order valence-corrected chi connectivity index (χ2v) is 8.44. The van der Waals surface area contributed by atoms with Crippen molar-refractivity contribution in [2.45, 2.75) is 15.5 Å². The van der Waals surface area contributed by atoms with E-state index in [1.54, 1.807) is 12.1 Å². The summed E-state index contributed by atoms with van der Waals surface area (Å²) in [7, 11) is -4.65. The van der Waals surface area contributed by atoms with Crippen LogP contribution in [0.1, 0.15) is 0 Å². The number of benzene rings is 2. The molecular weight excluding hydrogens is 400 g/mol. The van der Waals surface area contributed by atoms with E-state index in [0.29, 0.717) is 30.4 Å². The maximum absolute atomic E-state index is 12.5. The van der Waals surface area contributed by atoms with E-state index in [1.165, 1.54) is 23.9 Å². The van der Waals surface area contributed by atoms with E-state index in [1.807, 2.05) is 6.07 Å². The first-order valence-corrected chi connectivity index (χ1v) is 10.3. The van der Waals surface area contributed by atoms with Gasteiger partial charge in [0.05, 0.1) is 10.6 Å². The highest BCUT2D eigenvalue weighted by Gasteiger charge is 2.26. The van der Waals surface area contributed by atoms with Gasteiger partial charge in [-0.05, 0) is 42.5 Å². The summed E-state index contributed by atoms with van der Waals surface area (Å²) in [6.45, 7) is 0.970. The lowest BCUT2D eigenvalue weighted by Crippen LogP contribution is -2.16. The van der Waals surface area contributed by atoms with Crippen LogP contribution >= 0.6 is 11.8 Å². The van der Waals surface area contributed by atoms with E-state index < -0.39 is 20.5 Å². The number of hydrogen-bond donors (Lipinski definition) is 1. The molecule has 0 bridgehead atoms. The number of sulfone groups is 1. The number of anilines is 1. The zero-order chi connectivity index (χ0) is 19.4. The Morgan fingerprint density at radius 1 is 1.07 bits per heavy atom. The highest BCUT2D eigenvalue weighted by atomic mass is 32.2. The van der Waals surface area contributed by atoms with Gasteiger partial charge in [-0.25, -0.2) is 8.42 Å². The fraction of sp³-hybridized carbons (Fsp3) is 0.235. The Hall–Kier alpha value is -2.33. The Balaban J connectivity index is 1.56. The Kier molecular flexibility index (Phi) is 5.85. The molecule has 0 radical (unpaired) electrons. The minimum Gasteiger partial charge on any atom is -0.486 e. The number of thioether (sulfide) groups is 1. The van der Waals surface area contributed by atoms with Gasteiger partial charge >= 0.3 is 5.76 Å². The number of halogens is 2. The lowest BCUT2D eigenvalue weighted by Gasteiger charge is -2.18. The van der Waals surface area contributed by atoms with E-state index in [-0.39, 0.29) is 11.7 Å². The molecule has 10 heteroatoms. The van der Waals surface area contributed by atoms with Crippen LogP contribution in [-0.2, 0) is 14.6 Å². The van der Waals surface area contributed by atoms with Crippen molar-refractivity contribution in [3.8, 4) is 11.5 Å². The van der Waals surface area contributed by atoms with E-state index >= 15 is 0 Å². The highest BCUT2D eigenvalue weighted by molar-refractivity contribution is 8.00. The van der Waals surface area contributed by atoms with Gasteiger partial charge in [0, 0.05) is 10.6 Å². The first-order chi connectivity index (χ1) is 12.9. The van der Waals surface area contributed by atoms with Crippen LogP contribution in [0.2, 0.25) is 0 Å². The SMILES string of the molecule is O=C(CSc1ccc2c(c1)OCCO2)Nc1ccc(S(=O)(=O)C(F)F)cc1. The lowest BCUT2D eigenvalue weighted by molar-refractivity contribution is -0.113. The first-order valence-electron chi connectivity index (χ1n) is 7.81. The number of alkyl halides is 2. The summed E-state index contributed by atoms with van der Waals surface area (Å²) in [6.07, 6.45) is 0. The van der Waals surface area contributed by atoms with Crippen LogP contribution in [0, 0.1) is 0 Å². The van der Waals surface area contributed by atoms with Gasteiger partial charge in [-0.1, -0.05) is 0 Å². The first kappa shape index (κ1) is 19.4. The molecule has 0 aliphatic carbocycles. The van der Waals surface area contributed by atoms with E-state index in [0.717, 1.165) is 17.0 Å². The molecule has 1 heterocycles. The van der Waals surface area contributed by atoms with Crippen molar-refractivity contribution in [3.63, 3.8) is 0 Å². The number of amides is 1.